The summed E-state index contributed by atoms with van der Waals surface area (Å²) < 4.78 is 13.8. The lowest BCUT2D eigenvalue weighted by atomic mass is 10.0. The Kier molecular flexibility index (Phi) is 3.74. The molecule has 0 saturated carbocycles. The van der Waals surface area contributed by atoms with Crippen LogP contribution in [0, 0.1) is 5.82 Å². The number of benzene rings is 1. The molecule has 1 aromatic carbocycles. The maximum atomic E-state index is 13.8. The Labute approximate surface area is 125 Å². The molecule has 1 amide bonds. The van der Waals surface area contributed by atoms with Crippen molar-refractivity contribution in [3.8, 4) is 0 Å². The van der Waals surface area contributed by atoms with Crippen LogP contribution >= 0.6 is 11.8 Å². The molecular formula is C14H13FN4OS. The number of halogens is 1. The third kappa shape index (κ3) is 2.69. The topological polar surface area (TPSA) is 80.9 Å². The monoisotopic (exact) mass is 304 g/mol. The van der Waals surface area contributed by atoms with Crippen LogP contribution in [-0.4, -0.2) is 21.6 Å². The molecular weight excluding hydrogens is 291 g/mol. The molecule has 3 N–H and O–H groups in total. The van der Waals surface area contributed by atoms with E-state index in [2.05, 4.69) is 15.3 Å². The fourth-order valence-corrected chi connectivity index (χ4v) is 3.43. The molecule has 0 fully saturated rings. The van der Waals surface area contributed by atoms with Crippen molar-refractivity contribution < 1.29 is 9.18 Å². The number of nitrogen functional groups attached to an aromatic ring is 1. The molecule has 1 atom stereocenters. The average molecular weight is 304 g/mol. The average Bonchev–Trinajstić information content (AvgIpc) is 2.49. The number of thioether (sulfide) groups is 1. The minimum Gasteiger partial charge on any atom is -0.382 e. The van der Waals surface area contributed by atoms with Crippen molar-refractivity contribution in [1.29, 1.82) is 0 Å². The molecule has 2 heterocycles. The summed E-state index contributed by atoms with van der Waals surface area (Å²) in [6, 6.07) is 4.66. The molecule has 1 unspecified atom stereocenters. The number of fused-ring (bicyclic) bond motifs is 1. The first-order chi connectivity index (χ1) is 10.2. The predicted octanol–water partition coefficient (Wildman–Crippen LogP) is 2.16. The van der Waals surface area contributed by atoms with Crippen molar-refractivity contribution in [2.24, 2.45) is 0 Å². The van der Waals surface area contributed by atoms with Gasteiger partial charge in [0.25, 0.3) is 5.91 Å². The van der Waals surface area contributed by atoms with Gasteiger partial charge in [-0.15, -0.1) is 11.8 Å². The summed E-state index contributed by atoms with van der Waals surface area (Å²) >= 11 is 1.47. The Balaban J connectivity index is 1.86. The first-order valence-electron chi connectivity index (χ1n) is 6.45. The number of carbonyl (C=O) groups is 1. The molecule has 0 saturated heterocycles. The highest BCUT2D eigenvalue weighted by atomic mass is 32.2. The molecule has 7 heteroatoms. The molecule has 2 aromatic rings. The number of nitrogens with zero attached hydrogens (tertiary/aromatic N) is 2. The van der Waals surface area contributed by atoms with Crippen LogP contribution in [0.3, 0.4) is 0 Å². The van der Waals surface area contributed by atoms with Gasteiger partial charge in [-0.25, -0.2) is 14.4 Å². The van der Waals surface area contributed by atoms with E-state index in [1.807, 2.05) is 6.07 Å². The number of nitrogens with two attached hydrogens (primary N) is 1. The Bertz CT molecular complexity index is 694. The molecule has 0 spiro atoms. The maximum Gasteiger partial charge on any atom is 0.274 e. The summed E-state index contributed by atoms with van der Waals surface area (Å²) in [5.74, 6) is 0.178. The Hall–Kier alpha value is -2.15. The highest BCUT2D eigenvalue weighted by Crippen LogP contribution is 2.37. The van der Waals surface area contributed by atoms with Gasteiger partial charge in [-0.05, 0) is 18.1 Å². The highest BCUT2D eigenvalue weighted by Gasteiger charge is 2.25. The number of aromatic nitrogens is 2. The molecule has 1 aromatic heterocycles. The van der Waals surface area contributed by atoms with Crippen LogP contribution in [0.4, 0.5) is 10.2 Å². The van der Waals surface area contributed by atoms with Crippen LogP contribution in [0.25, 0.3) is 0 Å². The second kappa shape index (κ2) is 5.69. The number of carbonyl (C=O) groups excluding carboxylic acids is 1. The van der Waals surface area contributed by atoms with Gasteiger partial charge >= 0.3 is 0 Å². The van der Waals surface area contributed by atoms with E-state index in [9.17, 15) is 9.18 Å². The third-order valence-electron chi connectivity index (χ3n) is 3.27. The zero-order valence-corrected chi connectivity index (χ0v) is 11.9. The van der Waals surface area contributed by atoms with Crippen molar-refractivity contribution >= 4 is 23.5 Å². The van der Waals surface area contributed by atoms with Crippen LogP contribution in [0.1, 0.15) is 28.5 Å². The molecule has 0 aliphatic carbocycles. The summed E-state index contributed by atoms with van der Waals surface area (Å²) in [4.78, 5) is 20.6. The molecule has 108 valence electrons. The minimum atomic E-state index is -0.396. The van der Waals surface area contributed by atoms with Gasteiger partial charge in [-0.3, -0.25) is 4.79 Å². The van der Waals surface area contributed by atoms with Gasteiger partial charge < -0.3 is 11.1 Å². The Morgan fingerprint density at radius 2 is 2.19 bits per heavy atom. The van der Waals surface area contributed by atoms with E-state index in [1.165, 1.54) is 30.2 Å². The van der Waals surface area contributed by atoms with Gasteiger partial charge in [0.2, 0.25) is 0 Å². The van der Waals surface area contributed by atoms with Gasteiger partial charge in [0.15, 0.2) is 11.5 Å². The van der Waals surface area contributed by atoms with Gasteiger partial charge in [0, 0.05) is 23.0 Å². The molecule has 5 nitrogen and oxygen atoms in total. The molecule has 0 bridgehead atoms. The van der Waals surface area contributed by atoms with E-state index in [4.69, 9.17) is 5.73 Å². The van der Waals surface area contributed by atoms with Gasteiger partial charge in [0.1, 0.15) is 5.82 Å². The number of anilines is 1. The van der Waals surface area contributed by atoms with E-state index in [0.29, 0.717) is 4.90 Å². The number of rotatable bonds is 2. The van der Waals surface area contributed by atoms with E-state index >= 15 is 0 Å². The first kappa shape index (κ1) is 13.8. The maximum absolute atomic E-state index is 13.8. The summed E-state index contributed by atoms with van der Waals surface area (Å²) in [6.45, 7) is 0. The number of hydrogen-bond donors (Lipinski definition) is 2. The summed E-state index contributed by atoms with van der Waals surface area (Å²) in [5.41, 5.74) is 6.53. The largest absolute Gasteiger partial charge is 0.382 e. The number of hydrogen-bond acceptors (Lipinski definition) is 5. The van der Waals surface area contributed by atoms with Crippen LogP contribution in [0.15, 0.2) is 35.5 Å². The second-order valence-corrected chi connectivity index (χ2v) is 5.72. The third-order valence-corrected chi connectivity index (χ3v) is 4.43. The van der Waals surface area contributed by atoms with E-state index in [1.54, 1.807) is 6.07 Å². The Morgan fingerprint density at radius 3 is 3.00 bits per heavy atom. The molecule has 1 aliphatic heterocycles. The predicted molar refractivity (Wildman–Crippen MR) is 78.4 cm³/mol. The van der Waals surface area contributed by atoms with Crippen LogP contribution in [-0.2, 0) is 0 Å². The lowest BCUT2D eigenvalue weighted by Gasteiger charge is -2.26. The molecule has 3 rings (SSSR count). The smallest absolute Gasteiger partial charge is 0.274 e. The van der Waals surface area contributed by atoms with Crippen LogP contribution in [0.5, 0.6) is 0 Å². The highest BCUT2D eigenvalue weighted by molar-refractivity contribution is 7.99. The molecule has 21 heavy (non-hydrogen) atoms. The first-order valence-corrected chi connectivity index (χ1v) is 7.44. The fourth-order valence-electron chi connectivity index (χ4n) is 2.29. The fraction of sp³-hybridized carbons (Fsp3) is 0.214. The van der Waals surface area contributed by atoms with Crippen LogP contribution in [0.2, 0.25) is 0 Å². The summed E-state index contributed by atoms with van der Waals surface area (Å²) in [5, 5.41) is 2.86. The van der Waals surface area contributed by atoms with Crippen molar-refractivity contribution in [1.82, 2.24) is 15.3 Å². The standard InChI is InChI=1S/C14H13FN4OS/c15-9-3-1-2-8-10(4-7-21-12(8)9)19-14(20)11-13(16)18-6-5-17-11/h1-3,5-6,10H,4,7H2,(H2,16,18)(H,19,20). The summed E-state index contributed by atoms with van der Waals surface area (Å²) in [7, 11) is 0. The van der Waals surface area contributed by atoms with Crippen molar-refractivity contribution in [3.05, 3.63) is 47.7 Å². The molecule has 0 radical (unpaired) electrons. The zero-order chi connectivity index (χ0) is 14.8. The second-order valence-electron chi connectivity index (χ2n) is 4.61. The van der Waals surface area contributed by atoms with E-state index < -0.39 is 5.91 Å². The normalized spacial score (nSPS) is 17.1. The lowest BCUT2D eigenvalue weighted by molar-refractivity contribution is 0.0930. The molecule has 1 aliphatic rings. The van der Waals surface area contributed by atoms with Crippen LogP contribution < -0.4 is 11.1 Å². The lowest BCUT2D eigenvalue weighted by Crippen LogP contribution is -2.32. The SMILES string of the molecule is Nc1nccnc1C(=O)NC1CCSc2c(F)cccc21. The van der Waals surface area contributed by atoms with Crippen molar-refractivity contribution in [3.63, 3.8) is 0 Å². The quantitative estimate of drug-likeness (QED) is 0.888. The van der Waals surface area contributed by atoms with Gasteiger partial charge in [0.05, 0.1) is 6.04 Å². The minimum absolute atomic E-state index is 0.0830. The summed E-state index contributed by atoms with van der Waals surface area (Å²) in [6.07, 6.45) is 3.57. The zero-order valence-electron chi connectivity index (χ0n) is 11.0. The van der Waals surface area contributed by atoms with Gasteiger partial charge in [-0.1, -0.05) is 12.1 Å². The Morgan fingerprint density at radius 1 is 1.38 bits per heavy atom. The van der Waals surface area contributed by atoms with Crippen molar-refractivity contribution in [2.45, 2.75) is 17.4 Å². The van der Waals surface area contributed by atoms with Gasteiger partial charge in [-0.2, -0.15) is 0 Å². The van der Waals surface area contributed by atoms with Crippen molar-refractivity contribution in [2.75, 3.05) is 11.5 Å². The number of amides is 1. The van der Waals surface area contributed by atoms with E-state index in [0.717, 1.165) is 17.7 Å². The van der Waals surface area contributed by atoms with E-state index in [-0.39, 0.29) is 23.4 Å². The number of nitrogens with one attached hydrogen (secondary N) is 1.